The second-order valence-electron chi connectivity index (χ2n) is 6.84. The molecule has 3 aromatic carbocycles. The van der Waals surface area contributed by atoms with Gasteiger partial charge in [-0.1, -0.05) is 83.9 Å². The molecule has 0 spiro atoms. The zero-order valence-electron chi connectivity index (χ0n) is 14.8. The van der Waals surface area contributed by atoms with Crippen molar-refractivity contribution in [3.05, 3.63) is 99.5 Å². The van der Waals surface area contributed by atoms with E-state index in [1.54, 1.807) is 24.3 Å². The van der Waals surface area contributed by atoms with E-state index in [0.29, 0.717) is 21.2 Å². The van der Waals surface area contributed by atoms with Gasteiger partial charge in [-0.3, -0.25) is 4.79 Å². The van der Waals surface area contributed by atoms with Crippen LogP contribution < -0.4 is 11.1 Å². The highest BCUT2D eigenvalue weighted by molar-refractivity contribution is 6.36. The van der Waals surface area contributed by atoms with Crippen molar-refractivity contribution >= 4 is 34.8 Å². The zero-order chi connectivity index (χ0) is 19.9. The molecule has 1 saturated heterocycles. The Balaban J connectivity index is 1.97. The van der Waals surface area contributed by atoms with Crippen LogP contribution in [-0.4, -0.2) is 11.0 Å². The minimum Gasteiger partial charge on any atom is -0.397 e. The predicted octanol–water partition coefficient (Wildman–Crippen LogP) is 4.42. The first-order valence-corrected chi connectivity index (χ1v) is 9.57. The Morgan fingerprint density at radius 2 is 1.46 bits per heavy atom. The van der Waals surface area contributed by atoms with E-state index in [4.69, 9.17) is 28.9 Å². The number of nitrogens with two attached hydrogens (primary N) is 1. The maximum absolute atomic E-state index is 13.1. The molecule has 1 aliphatic heterocycles. The van der Waals surface area contributed by atoms with Gasteiger partial charge in [0, 0.05) is 16.1 Å². The maximum atomic E-state index is 13.1. The van der Waals surface area contributed by atoms with Gasteiger partial charge in [0.25, 0.3) is 0 Å². The number of nitrogens with one attached hydrogen (secondary N) is 1. The average Bonchev–Trinajstić information content (AvgIpc) is 2.98. The Kier molecular flexibility index (Phi) is 4.79. The standard InChI is InChI=1S/C22H18Cl2N2O2/c23-15-11-12-16(24)20(25)17(15)18-19(13-7-3-1-4-8-13)22(28,26-21(18)27)14-9-5-2-6-10-14/h1-12,18-19,28H,25H2,(H,26,27). The van der Waals surface area contributed by atoms with Gasteiger partial charge in [0.2, 0.25) is 5.91 Å². The van der Waals surface area contributed by atoms with E-state index in [1.165, 1.54) is 0 Å². The molecule has 4 N–H and O–H groups in total. The summed E-state index contributed by atoms with van der Waals surface area (Å²) in [5, 5.41) is 15.1. The highest BCUT2D eigenvalue weighted by atomic mass is 35.5. The summed E-state index contributed by atoms with van der Waals surface area (Å²) in [5.41, 5.74) is 6.62. The number of hydrogen-bond acceptors (Lipinski definition) is 3. The van der Waals surface area contributed by atoms with Crippen molar-refractivity contribution in [2.75, 3.05) is 5.73 Å². The Hall–Kier alpha value is -2.53. The first kappa shape index (κ1) is 18.8. The largest absolute Gasteiger partial charge is 0.397 e. The van der Waals surface area contributed by atoms with Gasteiger partial charge in [-0.25, -0.2) is 0 Å². The first-order valence-electron chi connectivity index (χ1n) is 8.81. The minimum atomic E-state index is -1.62. The summed E-state index contributed by atoms with van der Waals surface area (Å²) in [6.45, 7) is 0. The average molecular weight is 413 g/mol. The quantitative estimate of drug-likeness (QED) is 0.557. The summed E-state index contributed by atoms with van der Waals surface area (Å²) < 4.78 is 0. The van der Waals surface area contributed by atoms with Crippen molar-refractivity contribution in [3.8, 4) is 0 Å². The Morgan fingerprint density at radius 1 is 0.893 bits per heavy atom. The number of carbonyl (C=O) groups excluding carboxylic acids is 1. The summed E-state index contributed by atoms with van der Waals surface area (Å²) in [4.78, 5) is 13.1. The van der Waals surface area contributed by atoms with Gasteiger partial charge in [-0.2, -0.15) is 0 Å². The number of halogens is 2. The summed E-state index contributed by atoms with van der Waals surface area (Å²) in [5.74, 6) is -1.82. The Bertz CT molecular complexity index is 1030. The van der Waals surface area contributed by atoms with Gasteiger partial charge in [-0.15, -0.1) is 0 Å². The van der Waals surface area contributed by atoms with Crippen LogP contribution >= 0.6 is 23.2 Å². The Morgan fingerprint density at radius 3 is 2.11 bits per heavy atom. The molecule has 1 aliphatic rings. The van der Waals surface area contributed by atoms with Gasteiger partial charge in [0.05, 0.1) is 22.5 Å². The van der Waals surface area contributed by atoms with Crippen LogP contribution in [0, 0.1) is 0 Å². The van der Waals surface area contributed by atoms with Crippen LogP contribution in [0.5, 0.6) is 0 Å². The topological polar surface area (TPSA) is 75.4 Å². The van der Waals surface area contributed by atoms with Crippen LogP contribution in [0.15, 0.2) is 72.8 Å². The van der Waals surface area contributed by atoms with Crippen molar-refractivity contribution in [3.63, 3.8) is 0 Å². The van der Waals surface area contributed by atoms with Crippen LogP contribution in [0.25, 0.3) is 0 Å². The van der Waals surface area contributed by atoms with Crippen molar-refractivity contribution in [1.82, 2.24) is 5.32 Å². The fraction of sp³-hybridized carbons (Fsp3) is 0.136. The van der Waals surface area contributed by atoms with Crippen LogP contribution in [0.2, 0.25) is 10.0 Å². The molecule has 0 radical (unpaired) electrons. The lowest BCUT2D eigenvalue weighted by molar-refractivity contribution is -0.123. The van der Waals surface area contributed by atoms with Crippen LogP contribution in [0.4, 0.5) is 5.69 Å². The molecule has 1 fully saturated rings. The van der Waals surface area contributed by atoms with Crippen molar-refractivity contribution in [1.29, 1.82) is 0 Å². The SMILES string of the molecule is Nc1c(Cl)ccc(Cl)c1C1C(=O)NC(O)(c2ccccc2)C1c1ccccc1. The fourth-order valence-corrected chi connectivity index (χ4v) is 4.42. The summed E-state index contributed by atoms with van der Waals surface area (Å²) >= 11 is 12.7. The first-order chi connectivity index (χ1) is 13.4. The molecule has 6 heteroatoms. The van der Waals surface area contributed by atoms with Crippen LogP contribution in [0.1, 0.15) is 28.5 Å². The third kappa shape index (κ3) is 2.94. The van der Waals surface area contributed by atoms with Gasteiger partial charge in [0.15, 0.2) is 5.72 Å². The molecule has 3 atom stereocenters. The monoisotopic (exact) mass is 412 g/mol. The van der Waals surface area contributed by atoms with E-state index in [-0.39, 0.29) is 11.6 Å². The minimum absolute atomic E-state index is 0.243. The molecule has 28 heavy (non-hydrogen) atoms. The van der Waals surface area contributed by atoms with Crippen LogP contribution in [-0.2, 0) is 10.5 Å². The van der Waals surface area contributed by atoms with Gasteiger partial charge in [0.1, 0.15) is 0 Å². The van der Waals surface area contributed by atoms with Gasteiger partial charge >= 0.3 is 0 Å². The summed E-state index contributed by atoms with van der Waals surface area (Å²) in [6.07, 6.45) is 0. The third-order valence-electron chi connectivity index (χ3n) is 5.24. The van der Waals surface area contributed by atoms with Gasteiger partial charge < -0.3 is 16.2 Å². The van der Waals surface area contributed by atoms with E-state index in [0.717, 1.165) is 5.56 Å². The molecule has 0 aliphatic carbocycles. The van der Waals surface area contributed by atoms with Crippen molar-refractivity contribution in [2.45, 2.75) is 17.6 Å². The number of nitrogen functional groups attached to an aromatic ring is 1. The van der Waals surface area contributed by atoms with Crippen molar-refractivity contribution in [2.24, 2.45) is 0 Å². The van der Waals surface area contributed by atoms with Crippen LogP contribution in [0.3, 0.4) is 0 Å². The molecule has 4 nitrogen and oxygen atoms in total. The highest BCUT2D eigenvalue weighted by Crippen LogP contribution is 2.52. The summed E-state index contributed by atoms with van der Waals surface area (Å²) in [7, 11) is 0. The zero-order valence-corrected chi connectivity index (χ0v) is 16.3. The van der Waals surface area contributed by atoms with Gasteiger partial charge in [-0.05, 0) is 17.7 Å². The number of aliphatic hydroxyl groups is 1. The lowest BCUT2D eigenvalue weighted by Gasteiger charge is -2.32. The molecule has 0 bridgehead atoms. The molecular formula is C22H18Cl2N2O2. The smallest absolute Gasteiger partial charge is 0.230 e. The lowest BCUT2D eigenvalue weighted by Crippen LogP contribution is -2.42. The second-order valence-corrected chi connectivity index (χ2v) is 7.66. The third-order valence-corrected chi connectivity index (χ3v) is 5.90. The Labute approximate surface area is 172 Å². The number of amides is 1. The van der Waals surface area contributed by atoms with E-state index in [2.05, 4.69) is 5.32 Å². The maximum Gasteiger partial charge on any atom is 0.230 e. The van der Waals surface area contributed by atoms with E-state index in [9.17, 15) is 9.90 Å². The molecule has 1 amide bonds. The molecule has 0 saturated carbocycles. The molecule has 3 unspecified atom stereocenters. The van der Waals surface area contributed by atoms with E-state index in [1.807, 2.05) is 48.5 Å². The fourth-order valence-electron chi connectivity index (χ4n) is 3.97. The molecule has 4 rings (SSSR count). The number of rotatable bonds is 3. The number of hydrogen-bond donors (Lipinski definition) is 3. The molecule has 1 heterocycles. The number of benzene rings is 3. The summed E-state index contributed by atoms with van der Waals surface area (Å²) in [6, 6.07) is 21.6. The number of carbonyl (C=O) groups is 1. The lowest BCUT2D eigenvalue weighted by atomic mass is 9.75. The normalized spacial score (nSPS) is 24.2. The number of anilines is 1. The second kappa shape index (κ2) is 7.13. The predicted molar refractivity (Wildman–Crippen MR) is 111 cm³/mol. The van der Waals surface area contributed by atoms with Crippen molar-refractivity contribution < 1.29 is 9.90 Å². The molecule has 0 aromatic heterocycles. The van der Waals surface area contributed by atoms with E-state index >= 15 is 0 Å². The molecule has 142 valence electrons. The van der Waals surface area contributed by atoms with E-state index < -0.39 is 17.6 Å². The molecule has 3 aromatic rings. The highest BCUT2D eigenvalue weighted by Gasteiger charge is 2.55. The molecular weight excluding hydrogens is 395 g/mol.